The van der Waals surface area contributed by atoms with Crippen LogP contribution >= 0.6 is 11.6 Å². The lowest BCUT2D eigenvalue weighted by Gasteiger charge is -2.06. The van der Waals surface area contributed by atoms with Crippen molar-refractivity contribution in [3.63, 3.8) is 0 Å². The van der Waals surface area contributed by atoms with E-state index in [9.17, 15) is 13.6 Å². The highest BCUT2D eigenvalue weighted by Crippen LogP contribution is 2.32. The smallest absolute Gasteiger partial charge is 0.417 e. The molecule has 1 unspecified atom stereocenters. The lowest BCUT2D eigenvalue weighted by Crippen LogP contribution is -2.07. The number of rotatable bonds is 1. The molecule has 7 heteroatoms. The highest BCUT2D eigenvalue weighted by atomic mass is 35.5. The van der Waals surface area contributed by atoms with Gasteiger partial charge in [0.05, 0.1) is 23.2 Å². The van der Waals surface area contributed by atoms with Gasteiger partial charge in [0.25, 0.3) is 0 Å². The van der Waals surface area contributed by atoms with Gasteiger partial charge in [0.15, 0.2) is 11.5 Å². The highest BCUT2D eigenvalue weighted by molar-refractivity contribution is 6.21. The van der Waals surface area contributed by atoms with Crippen molar-refractivity contribution in [1.82, 2.24) is 9.55 Å². The van der Waals surface area contributed by atoms with Gasteiger partial charge in [-0.25, -0.2) is 23.1 Å². The number of alkyl halides is 1. The first-order chi connectivity index (χ1) is 7.93. The van der Waals surface area contributed by atoms with Crippen LogP contribution in [0.1, 0.15) is 17.9 Å². The molecule has 0 bridgehead atoms. The van der Waals surface area contributed by atoms with E-state index in [0.29, 0.717) is 4.57 Å². The third-order valence-corrected chi connectivity index (χ3v) is 2.58. The second-order valence-corrected chi connectivity index (χ2v) is 4.12. The normalized spacial score (nSPS) is 12.9. The first-order valence-electron chi connectivity index (χ1n) is 4.65. The number of carboxylic acid groups (broad SMARTS) is 1. The van der Waals surface area contributed by atoms with Crippen molar-refractivity contribution in [2.24, 2.45) is 0 Å². The van der Waals surface area contributed by atoms with E-state index in [2.05, 4.69) is 4.98 Å². The van der Waals surface area contributed by atoms with E-state index in [-0.39, 0.29) is 16.6 Å². The second-order valence-electron chi connectivity index (χ2n) is 3.46. The molecule has 0 saturated heterocycles. The van der Waals surface area contributed by atoms with Crippen LogP contribution in [0.2, 0.25) is 0 Å². The Morgan fingerprint density at radius 2 is 2.18 bits per heavy atom. The Balaban J connectivity index is 2.91. The molecule has 90 valence electrons. The number of nitrogens with zero attached hydrogens (tertiary/aromatic N) is 2. The van der Waals surface area contributed by atoms with E-state index in [0.717, 1.165) is 12.4 Å². The molecule has 2 rings (SSSR count). The molecule has 2 aromatic rings. The van der Waals surface area contributed by atoms with Crippen LogP contribution in [-0.2, 0) is 0 Å². The Morgan fingerprint density at radius 3 is 2.71 bits per heavy atom. The summed E-state index contributed by atoms with van der Waals surface area (Å²) in [5.41, 5.74) is -0.256. The molecule has 0 aromatic carbocycles. The third-order valence-electron chi connectivity index (χ3n) is 2.36. The average Bonchev–Trinajstić information content (AvgIpc) is 2.56. The van der Waals surface area contributed by atoms with Crippen LogP contribution in [-0.4, -0.2) is 20.8 Å². The molecule has 0 fully saturated rings. The Morgan fingerprint density at radius 1 is 1.53 bits per heavy atom. The van der Waals surface area contributed by atoms with Crippen molar-refractivity contribution in [3.05, 3.63) is 29.6 Å². The molecular formula is C10H7ClF2N2O2. The maximum atomic E-state index is 13.6. The monoisotopic (exact) mass is 260 g/mol. The summed E-state index contributed by atoms with van der Waals surface area (Å²) in [5, 5.41) is 7.83. The van der Waals surface area contributed by atoms with Crippen LogP contribution in [0.4, 0.5) is 13.6 Å². The molecule has 17 heavy (non-hydrogen) atoms. The summed E-state index contributed by atoms with van der Waals surface area (Å²) in [5.74, 6) is -1.63. The van der Waals surface area contributed by atoms with E-state index >= 15 is 0 Å². The molecule has 0 spiro atoms. The molecule has 0 amide bonds. The lowest BCUT2D eigenvalue weighted by molar-refractivity contribution is 0.197. The van der Waals surface area contributed by atoms with Gasteiger partial charge >= 0.3 is 6.09 Å². The predicted molar refractivity (Wildman–Crippen MR) is 57.3 cm³/mol. The lowest BCUT2D eigenvalue weighted by atomic mass is 10.1. The molecule has 1 atom stereocenters. The van der Waals surface area contributed by atoms with Gasteiger partial charge in [-0.1, -0.05) is 0 Å². The number of aromatic nitrogens is 2. The average molecular weight is 261 g/mol. The summed E-state index contributed by atoms with van der Waals surface area (Å²) < 4.78 is 27.7. The van der Waals surface area contributed by atoms with Crippen LogP contribution in [0.3, 0.4) is 0 Å². The zero-order valence-electron chi connectivity index (χ0n) is 8.62. The molecule has 2 heterocycles. The quantitative estimate of drug-likeness (QED) is 0.802. The number of fused-ring (bicyclic) bond motifs is 1. The molecule has 0 aliphatic rings. The van der Waals surface area contributed by atoms with Gasteiger partial charge in [-0.15, -0.1) is 11.6 Å². The van der Waals surface area contributed by atoms with E-state index in [1.807, 2.05) is 0 Å². The molecule has 2 aromatic heterocycles. The van der Waals surface area contributed by atoms with Crippen molar-refractivity contribution >= 4 is 28.7 Å². The predicted octanol–water partition coefficient (Wildman–Crippen LogP) is 3.14. The van der Waals surface area contributed by atoms with E-state index < -0.39 is 23.1 Å². The van der Waals surface area contributed by atoms with Crippen LogP contribution in [0.15, 0.2) is 12.4 Å². The SMILES string of the molecule is CC(Cl)c1c(F)cnc2c1c(F)cn2C(=O)O. The van der Waals surface area contributed by atoms with Crippen molar-refractivity contribution in [3.8, 4) is 0 Å². The largest absolute Gasteiger partial charge is 0.464 e. The zero-order valence-corrected chi connectivity index (χ0v) is 9.37. The van der Waals surface area contributed by atoms with E-state index in [1.54, 1.807) is 0 Å². The molecular weight excluding hydrogens is 254 g/mol. The molecule has 1 N–H and O–H groups in total. The number of hydrogen-bond acceptors (Lipinski definition) is 2. The fraction of sp³-hybridized carbons (Fsp3) is 0.200. The molecule has 0 aliphatic carbocycles. The molecule has 0 radical (unpaired) electrons. The Hall–Kier alpha value is -1.69. The first-order valence-corrected chi connectivity index (χ1v) is 5.09. The molecule has 0 aliphatic heterocycles. The van der Waals surface area contributed by atoms with Gasteiger partial charge in [0, 0.05) is 5.56 Å². The fourth-order valence-electron chi connectivity index (χ4n) is 1.68. The maximum Gasteiger partial charge on any atom is 0.417 e. The Kier molecular flexibility index (Phi) is 2.74. The van der Waals surface area contributed by atoms with Gasteiger partial charge in [-0.05, 0) is 6.92 Å². The minimum atomic E-state index is -1.40. The first kappa shape index (κ1) is 11.8. The van der Waals surface area contributed by atoms with Gasteiger partial charge in [-0.3, -0.25) is 0 Å². The number of halogens is 3. The fourth-order valence-corrected chi connectivity index (χ4v) is 1.90. The highest BCUT2D eigenvalue weighted by Gasteiger charge is 2.22. The van der Waals surface area contributed by atoms with Crippen LogP contribution in [0.25, 0.3) is 11.0 Å². The standard InChI is InChI=1S/C10H7ClF2N2O2/c1-4(11)7-5(12)2-14-9-8(7)6(13)3-15(9)10(16)17/h2-4H,1H3,(H,16,17). The Labute approximate surface area is 99.4 Å². The van der Waals surface area contributed by atoms with Crippen LogP contribution in [0.5, 0.6) is 0 Å². The second kappa shape index (κ2) is 3.96. The summed E-state index contributed by atoms with van der Waals surface area (Å²) in [6.07, 6.45) is 0.170. The van der Waals surface area contributed by atoms with E-state index in [4.69, 9.17) is 16.7 Å². The van der Waals surface area contributed by atoms with Crippen molar-refractivity contribution in [2.45, 2.75) is 12.3 Å². The summed E-state index contributed by atoms with van der Waals surface area (Å²) in [6, 6.07) is 0. The summed E-state index contributed by atoms with van der Waals surface area (Å²) in [6.45, 7) is 1.47. The number of pyridine rings is 1. The minimum absolute atomic E-state index is 0.0887. The molecule has 0 saturated carbocycles. The minimum Gasteiger partial charge on any atom is -0.464 e. The molecule has 4 nitrogen and oxygen atoms in total. The number of hydrogen-bond donors (Lipinski definition) is 1. The van der Waals surface area contributed by atoms with Crippen LogP contribution in [0, 0.1) is 11.6 Å². The summed E-state index contributed by atoms with van der Waals surface area (Å²) in [4.78, 5) is 14.4. The van der Waals surface area contributed by atoms with Gasteiger partial charge < -0.3 is 5.11 Å². The summed E-state index contributed by atoms with van der Waals surface area (Å²) in [7, 11) is 0. The van der Waals surface area contributed by atoms with Crippen molar-refractivity contribution in [2.75, 3.05) is 0 Å². The maximum absolute atomic E-state index is 13.6. The van der Waals surface area contributed by atoms with Crippen molar-refractivity contribution in [1.29, 1.82) is 0 Å². The van der Waals surface area contributed by atoms with Gasteiger partial charge in [-0.2, -0.15) is 0 Å². The summed E-state index contributed by atoms with van der Waals surface area (Å²) >= 11 is 5.76. The zero-order chi connectivity index (χ0) is 12.7. The van der Waals surface area contributed by atoms with E-state index in [1.165, 1.54) is 6.92 Å². The topological polar surface area (TPSA) is 55.1 Å². The van der Waals surface area contributed by atoms with Crippen LogP contribution < -0.4 is 0 Å². The number of carbonyl (C=O) groups is 1. The van der Waals surface area contributed by atoms with Gasteiger partial charge in [0.2, 0.25) is 0 Å². The van der Waals surface area contributed by atoms with Crippen molar-refractivity contribution < 1.29 is 18.7 Å². The Bertz CT molecular complexity index is 610. The third kappa shape index (κ3) is 1.74. The van der Waals surface area contributed by atoms with Gasteiger partial charge in [0.1, 0.15) is 5.82 Å².